The Labute approximate surface area is 204 Å². The van der Waals surface area contributed by atoms with E-state index in [0.717, 1.165) is 5.01 Å². The third kappa shape index (κ3) is 7.53. The van der Waals surface area contributed by atoms with Gasteiger partial charge >= 0.3 is 5.97 Å². The van der Waals surface area contributed by atoms with Crippen LogP contribution < -0.4 is 0 Å². The van der Waals surface area contributed by atoms with Crippen LogP contribution in [-0.2, 0) is 19.1 Å². The lowest BCUT2D eigenvalue weighted by atomic mass is 9.73. The van der Waals surface area contributed by atoms with Crippen molar-refractivity contribution in [1.29, 1.82) is 0 Å². The molecule has 7 nitrogen and oxygen atoms in total. The second-order valence-corrected chi connectivity index (χ2v) is 10.7. The van der Waals surface area contributed by atoms with Gasteiger partial charge in [0.1, 0.15) is 17.7 Å². The summed E-state index contributed by atoms with van der Waals surface area (Å²) in [6.07, 6.45) is -0.403. The van der Waals surface area contributed by atoms with E-state index in [1.165, 1.54) is 17.4 Å². The first-order chi connectivity index (χ1) is 15.8. The number of cyclic esters (lactones) is 1. The molecule has 1 aliphatic heterocycles. The minimum Gasteiger partial charge on any atom is -0.457 e. The monoisotopic (exact) mass is 497 g/mol. The zero-order chi connectivity index (χ0) is 25.6. The van der Waals surface area contributed by atoms with Gasteiger partial charge in [-0.05, 0) is 31.6 Å². The van der Waals surface area contributed by atoms with Crippen LogP contribution in [0.4, 0.5) is 4.39 Å². The lowest BCUT2D eigenvalue weighted by Gasteiger charge is -2.34. The SMILES string of the molecule is C/C(=C\c1csc(C)n1)[C@@H]1C/C=C(/F)COC[C@H](C)[C@H](O)[C@@H](C)C(=O)C(C)(C)[C@@H](O)CC(=O)O1. The molecule has 1 aromatic heterocycles. The van der Waals surface area contributed by atoms with Gasteiger partial charge in [0.15, 0.2) is 0 Å². The van der Waals surface area contributed by atoms with E-state index in [9.17, 15) is 24.2 Å². The molecule has 0 bridgehead atoms. The van der Waals surface area contributed by atoms with Crippen molar-refractivity contribution >= 4 is 29.2 Å². The van der Waals surface area contributed by atoms with Crippen LogP contribution >= 0.6 is 11.3 Å². The molecule has 0 unspecified atom stereocenters. The maximum absolute atomic E-state index is 14.4. The van der Waals surface area contributed by atoms with Gasteiger partial charge in [-0.2, -0.15) is 0 Å². The summed E-state index contributed by atoms with van der Waals surface area (Å²) in [6, 6.07) is 0. The van der Waals surface area contributed by atoms with Crippen LogP contribution in [0.2, 0.25) is 0 Å². The van der Waals surface area contributed by atoms with Crippen molar-refractivity contribution in [2.45, 2.75) is 72.7 Å². The number of ether oxygens (including phenoxy) is 2. The number of hydrogen-bond donors (Lipinski definition) is 2. The maximum atomic E-state index is 14.4. The molecule has 0 aromatic carbocycles. The molecule has 2 heterocycles. The quantitative estimate of drug-likeness (QED) is 0.595. The summed E-state index contributed by atoms with van der Waals surface area (Å²) >= 11 is 1.49. The van der Waals surface area contributed by atoms with E-state index in [-0.39, 0.29) is 25.4 Å². The molecule has 9 heteroatoms. The van der Waals surface area contributed by atoms with Crippen LogP contribution in [0.25, 0.3) is 6.08 Å². The largest absolute Gasteiger partial charge is 0.457 e. The predicted octanol–water partition coefficient (Wildman–Crippen LogP) is 4.02. The van der Waals surface area contributed by atoms with Crippen molar-refractivity contribution in [1.82, 2.24) is 4.98 Å². The van der Waals surface area contributed by atoms with E-state index in [1.54, 1.807) is 40.7 Å². The number of rotatable bonds is 2. The van der Waals surface area contributed by atoms with Gasteiger partial charge in [-0.1, -0.05) is 27.7 Å². The molecule has 0 amide bonds. The van der Waals surface area contributed by atoms with Crippen molar-refractivity contribution in [3.8, 4) is 0 Å². The molecule has 2 rings (SSSR count). The van der Waals surface area contributed by atoms with Gasteiger partial charge in [0.25, 0.3) is 0 Å². The molecule has 0 saturated carbocycles. The summed E-state index contributed by atoms with van der Waals surface area (Å²) in [4.78, 5) is 30.2. The van der Waals surface area contributed by atoms with E-state index in [2.05, 4.69) is 4.98 Å². The molecule has 1 aliphatic rings. The molecular formula is C25H36FNO6S. The summed E-state index contributed by atoms with van der Waals surface area (Å²) in [7, 11) is 0. The highest BCUT2D eigenvalue weighted by Gasteiger charge is 2.42. The molecule has 5 atom stereocenters. The molecular weight excluding hydrogens is 461 g/mol. The van der Waals surface area contributed by atoms with Gasteiger partial charge in [-0.25, -0.2) is 9.37 Å². The van der Waals surface area contributed by atoms with Crippen molar-refractivity contribution in [2.75, 3.05) is 13.2 Å². The number of aromatic nitrogens is 1. The lowest BCUT2D eigenvalue weighted by Crippen LogP contribution is -2.46. The molecule has 0 aliphatic carbocycles. The third-order valence-corrected chi connectivity index (χ3v) is 7.10. The number of ketones is 1. The average molecular weight is 498 g/mol. The Hall–Kier alpha value is -1.94. The Balaban J connectivity index is 2.33. The first kappa shape index (κ1) is 28.3. The second kappa shape index (κ2) is 12.2. The number of hydrogen-bond acceptors (Lipinski definition) is 8. The smallest absolute Gasteiger partial charge is 0.309 e. The van der Waals surface area contributed by atoms with Crippen molar-refractivity contribution in [3.05, 3.63) is 33.6 Å². The zero-order valence-electron chi connectivity index (χ0n) is 20.7. The molecule has 0 fully saturated rings. The Kier molecular flexibility index (Phi) is 10.1. The Bertz CT molecular complexity index is 924. The number of carbonyl (C=O) groups is 2. The number of nitrogens with zero attached hydrogens (tertiary/aromatic N) is 1. The summed E-state index contributed by atoms with van der Waals surface area (Å²) in [5.41, 5.74) is 0.0888. The fourth-order valence-corrected chi connectivity index (χ4v) is 4.42. The number of Topliss-reactive ketones (excluding diaryl/α,β-unsaturated/α-hetero) is 1. The highest BCUT2D eigenvalue weighted by molar-refractivity contribution is 7.09. The van der Waals surface area contributed by atoms with Crippen molar-refractivity contribution in [2.24, 2.45) is 17.3 Å². The lowest BCUT2D eigenvalue weighted by molar-refractivity contribution is -0.154. The van der Waals surface area contributed by atoms with E-state index in [1.807, 2.05) is 12.3 Å². The van der Waals surface area contributed by atoms with Gasteiger partial charge in [-0.15, -0.1) is 11.3 Å². The molecule has 34 heavy (non-hydrogen) atoms. The number of esters is 1. The topological polar surface area (TPSA) is 106 Å². The minimum atomic E-state index is -1.32. The molecule has 1 aromatic rings. The van der Waals surface area contributed by atoms with Gasteiger partial charge in [0.05, 0.1) is 48.0 Å². The van der Waals surface area contributed by atoms with Crippen molar-refractivity contribution in [3.63, 3.8) is 0 Å². The predicted molar refractivity (Wildman–Crippen MR) is 129 cm³/mol. The molecule has 2 N–H and O–H groups in total. The number of aliphatic hydroxyl groups is 2. The van der Waals surface area contributed by atoms with Gasteiger partial charge < -0.3 is 19.7 Å². The highest BCUT2D eigenvalue weighted by Crippen LogP contribution is 2.31. The molecule has 0 radical (unpaired) electrons. The fourth-order valence-electron chi connectivity index (χ4n) is 3.85. The van der Waals surface area contributed by atoms with E-state index in [0.29, 0.717) is 11.3 Å². The number of halogens is 1. The van der Waals surface area contributed by atoms with Crippen LogP contribution in [0.15, 0.2) is 22.9 Å². The van der Waals surface area contributed by atoms with E-state index < -0.39 is 53.8 Å². The molecule has 190 valence electrons. The maximum Gasteiger partial charge on any atom is 0.309 e. The number of aryl methyl sites for hydroxylation is 1. The second-order valence-electron chi connectivity index (χ2n) is 9.62. The fraction of sp³-hybridized carbons (Fsp3) is 0.640. The number of carbonyl (C=O) groups excluding carboxylic acids is 2. The summed E-state index contributed by atoms with van der Waals surface area (Å²) in [5, 5.41) is 24.1. The molecule has 0 saturated heterocycles. The Morgan fingerprint density at radius 2 is 1.97 bits per heavy atom. The Morgan fingerprint density at radius 1 is 1.29 bits per heavy atom. The van der Waals surface area contributed by atoms with Crippen LogP contribution in [0.5, 0.6) is 0 Å². The third-order valence-electron chi connectivity index (χ3n) is 6.31. The normalized spacial score (nSPS) is 32.1. The first-order valence-corrected chi connectivity index (χ1v) is 12.3. The number of thiazole rings is 1. The number of aliphatic hydroxyl groups excluding tert-OH is 2. The van der Waals surface area contributed by atoms with Gasteiger partial charge in [0, 0.05) is 23.6 Å². The minimum absolute atomic E-state index is 0.0591. The summed E-state index contributed by atoms with van der Waals surface area (Å²) < 4.78 is 25.4. The highest BCUT2D eigenvalue weighted by atomic mass is 32.1. The zero-order valence-corrected chi connectivity index (χ0v) is 21.5. The van der Waals surface area contributed by atoms with Gasteiger partial charge in [-0.3, -0.25) is 9.59 Å². The van der Waals surface area contributed by atoms with Crippen molar-refractivity contribution < 1.29 is 33.7 Å². The van der Waals surface area contributed by atoms with E-state index in [4.69, 9.17) is 9.47 Å². The van der Waals surface area contributed by atoms with Crippen LogP contribution in [0.1, 0.15) is 58.2 Å². The Morgan fingerprint density at radius 3 is 2.59 bits per heavy atom. The summed E-state index contributed by atoms with van der Waals surface area (Å²) in [5.74, 6) is -2.86. The van der Waals surface area contributed by atoms with Crippen LogP contribution in [-0.4, -0.2) is 58.5 Å². The summed E-state index contributed by atoms with van der Waals surface area (Å²) in [6.45, 7) is 9.80. The standard InChI is InChI=1S/C25H36FNO6S/c1-14(9-19-13-34-17(4)27-19)20-8-7-18(26)12-32-11-15(2)23(30)16(3)24(31)25(5,6)21(28)10-22(29)33-20/h7,9,13,15-16,20-21,23,28,30H,8,10-12H2,1-6H3/b14-9+,18-7+/t15-,16+,20-,21-,23-/m0/s1. The van der Waals surface area contributed by atoms with Crippen LogP contribution in [0.3, 0.4) is 0 Å². The molecule has 0 spiro atoms. The van der Waals surface area contributed by atoms with Crippen LogP contribution in [0, 0.1) is 24.2 Å². The average Bonchev–Trinajstić information content (AvgIpc) is 3.18. The van der Waals surface area contributed by atoms with E-state index >= 15 is 0 Å². The first-order valence-electron chi connectivity index (χ1n) is 11.5. The van der Waals surface area contributed by atoms with Gasteiger partial charge in [0.2, 0.25) is 0 Å².